The molecular weight excluding hydrogens is 391 g/mol. The number of rotatable bonds is 3. The number of likely N-dealkylation sites (tertiary alicyclic amines) is 1. The molecule has 0 radical (unpaired) electrons. The van der Waals surface area contributed by atoms with Crippen LogP contribution in [0, 0.1) is 12.7 Å². The highest BCUT2D eigenvalue weighted by Crippen LogP contribution is 2.36. The molecule has 7 heteroatoms. The van der Waals surface area contributed by atoms with Gasteiger partial charge in [0.25, 0.3) is 0 Å². The van der Waals surface area contributed by atoms with E-state index >= 15 is 0 Å². The average Bonchev–Trinajstić information content (AvgIpc) is 3.47. The topological polar surface area (TPSA) is 49.6 Å². The molecule has 2 fully saturated rings. The summed E-state index contributed by atoms with van der Waals surface area (Å²) in [6.07, 6.45) is 4.74. The Morgan fingerprint density at radius 2 is 1.74 bits per heavy atom. The van der Waals surface area contributed by atoms with Crippen molar-refractivity contribution >= 4 is 11.5 Å². The second kappa shape index (κ2) is 6.85. The molecule has 0 spiro atoms. The fourth-order valence-electron chi connectivity index (χ4n) is 5.02. The zero-order chi connectivity index (χ0) is 21.1. The van der Waals surface area contributed by atoms with Crippen LogP contribution in [-0.2, 0) is 0 Å². The third-order valence-electron chi connectivity index (χ3n) is 6.64. The molecule has 6 nitrogen and oxygen atoms in total. The normalized spacial score (nSPS) is 20.8. The SMILES string of the molecule is Cc1cc(N2C[C@@H]3C[C@H]2CN3C)nn2c(-c3ccncc3)c(-c3ccc(F)cc3)nc12. The van der Waals surface area contributed by atoms with E-state index in [4.69, 9.17) is 10.1 Å². The molecule has 0 N–H and O–H groups in total. The first-order valence-corrected chi connectivity index (χ1v) is 10.6. The Balaban J connectivity index is 1.56. The highest BCUT2D eigenvalue weighted by Gasteiger charge is 2.42. The number of fused-ring (bicyclic) bond motifs is 3. The van der Waals surface area contributed by atoms with Gasteiger partial charge in [-0.15, -0.1) is 5.10 Å². The summed E-state index contributed by atoms with van der Waals surface area (Å²) in [6.45, 7) is 4.16. The van der Waals surface area contributed by atoms with Crippen LogP contribution in [-0.4, -0.2) is 56.7 Å². The van der Waals surface area contributed by atoms with Gasteiger partial charge in [-0.1, -0.05) is 0 Å². The van der Waals surface area contributed by atoms with E-state index in [1.807, 2.05) is 16.6 Å². The Bertz CT molecular complexity index is 1260. The number of hydrogen-bond donors (Lipinski definition) is 0. The van der Waals surface area contributed by atoms with E-state index in [1.54, 1.807) is 24.5 Å². The van der Waals surface area contributed by atoms with Crippen LogP contribution in [0.1, 0.15) is 12.0 Å². The highest BCUT2D eigenvalue weighted by molar-refractivity contribution is 5.82. The first-order valence-electron chi connectivity index (χ1n) is 10.6. The van der Waals surface area contributed by atoms with Gasteiger partial charge in [0, 0.05) is 48.7 Å². The van der Waals surface area contributed by atoms with Crippen molar-refractivity contribution < 1.29 is 4.39 Å². The standard InChI is InChI=1S/C24H23FN6/c1-15-11-21(30-14-19-12-20(30)13-29(19)2)28-31-23(17-7-9-26-10-8-17)22(27-24(15)31)16-3-5-18(25)6-4-16/h3-11,19-20H,12-14H2,1-2H3/t19-,20-/m0/s1. The number of pyridine rings is 1. The van der Waals surface area contributed by atoms with Crippen LogP contribution < -0.4 is 4.90 Å². The zero-order valence-corrected chi connectivity index (χ0v) is 17.5. The lowest BCUT2D eigenvalue weighted by atomic mass is 10.1. The van der Waals surface area contributed by atoms with E-state index in [0.717, 1.165) is 52.6 Å². The number of anilines is 1. The summed E-state index contributed by atoms with van der Waals surface area (Å²) < 4.78 is 15.5. The predicted octanol–water partition coefficient (Wildman–Crippen LogP) is 3.80. The van der Waals surface area contributed by atoms with E-state index in [-0.39, 0.29) is 5.82 Å². The minimum absolute atomic E-state index is 0.261. The van der Waals surface area contributed by atoms with Crippen molar-refractivity contribution in [3.63, 3.8) is 0 Å². The van der Waals surface area contributed by atoms with E-state index < -0.39 is 0 Å². The van der Waals surface area contributed by atoms with Crippen LogP contribution in [0.2, 0.25) is 0 Å². The van der Waals surface area contributed by atoms with Gasteiger partial charge in [0.05, 0.1) is 5.69 Å². The molecule has 3 aromatic heterocycles. The summed E-state index contributed by atoms with van der Waals surface area (Å²) in [5, 5.41) is 5.07. The van der Waals surface area contributed by atoms with Gasteiger partial charge in [-0.05, 0) is 68.4 Å². The summed E-state index contributed by atoms with van der Waals surface area (Å²) in [6, 6.07) is 13.7. The summed E-state index contributed by atoms with van der Waals surface area (Å²) in [5.74, 6) is 0.729. The number of hydrogen-bond acceptors (Lipinski definition) is 5. The Labute approximate surface area is 180 Å². The van der Waals surface area contributed by atoms with Crippen LogP contribution in [0.3, 0.4) is 0 Å². The summed E-state index contributed by atoms with van der Waals surface area (Å²) in [4.78, 5) is 14.0. The van der Waals surface area contributed by atoms with Crippen LogP contribution in [0.25, 0.3) is 28.2 Å². The zero-order valence-electron chi connectivity index (χ0n) is 17.5. The third-order valence-corrected chi connectivity index (χ3v) is 6.64. The first-order chi connectivity index (χ1) is 15.1. The van der Waals surface area contributed by atoms with Gasteiger partial charge in [0.1, 0.15) is 17.3 Å². The van der Waals surface area contributed by atoms with Gasteiger partial charge in [0.2, 0.25) is 0 Å². The predicted molar refractivity (Wildman–Crippen MR) is 119 cm³/mol. The quantitative estimate of drug-likeness (QED) is 0.510. The Morgan fingerprint density at radius 1 is 0.968 bits per heavy atom. The summed E-state index contributed by atoms with van der Waals surface area (Å²) in [5.41, 5.74) is 5.42. The van der Waals surface area contributed by atoms with E-state index in [9.17, 15) is 4.39 Å². The van der Waals surface area contributed by atoms with Crippen molar-refractivity contribution in [3.8, 4) is 22.5 Å². The average molecular weight is 414 g/mol. The molecule has 2 aliphatic rings. The molecule has 5 heterocycles. The Kier molecular flexibility index (Phi) is 4.08. The second-order valence-corrected chi connectivity index (χ2v) is 8.61. The summed E-state index contributed by atoms with van der Waals surface area (Å²) >= 11 is 0. The van der Waals surface area contributed by atoms with Crippen LogP contribution >= 0.6 is 0 Å². The van der Waals surface area contributed by atoms with Crippen molar-refractivity contribution in [2.75, 3.05) is 25.0 Å². The molecule has 31 heavy (non-hydrogen) atoms. The van der Waals surface area contributed by atoms with E-state index in [0.29, 0.717) is 12.1 Å². The minimum atomic E-state index is -0.261. The van der Waals surface area contributed by atoms with E-state index in [1.165, 1.54) is 18.6 Å². The molecule has 0 saturated carbocycles. The molecule has 0 amide bonds. The molecule has 2 atom stereocenters. The maximum absolute atomic E-state index is 13.6. The largest absolute Gasteiger partial charge is 0.349 e. The van der Waals surface area contributed by atoms with E-state index in [2.05, 4.69) is 34.8 Å². The lowest BCUT2D eigenvalue weighted by Gasteiger charge is -2.32. The lowest BCUT2D eigenvalue weighted by Crippen LogP contribution is -2.45. The van der Waals surface area contributed by atoms with Crippen molar-refractivity contribution in [2.45, 2.75) is 25.4 Å². The molecule has 0 aliphatic carbocycles. The number of benzene rings is 1. The highest BCUT2D eigenvalue weighted by atomic mass is 19.1. The number of aromatic nitrogens is 4. The monoisotopic (exact) mass is 414 g/mol. The van der Waals surface area contributed by atoms with Gasteiger partial charge >= 0.3 is 0 Å². The van der Waals surface area contributed by atoms with Crippen molar-refractivity contribution in [2.24, 2.45) is 0 Å². The fraction of sp³-hybridized carbons (Fsp3) is 0.292. The fourth-order valence-corrected chi connectivity index (χ4v) is 5.02. The van der Waals surface area contributed by atoms with Gasteiger partial charge in [-0.2, -0.15) is 0 Å². The first kappa shape index (κ1) is 18.4. The smallest absolute Gasteiger partial charge is 0.158 e. The lowest BCUT2D eigenvalue weighted by molar-refractivity contribution is 0.292. The molecule has 2 saturated heterocycles. The maximum Gasteiger partial charge on any atom is 0.158 e. The Morgan fingerprint density at radius 3 is 2.42 bits per heavy atom. The van der Waals surface area contributed by atoms with Crippen LogP contribution in [0.15, 0.2) is 54.9 Å². The third kappa shape index (κ3) is 2.91. The second-order valence-electron chi connectivity index (χ2n) is 8.61. The molecule has 156 valence electrons. The molecule has 1 aromatic carbocycles. The Hall–Kier alpha value is -3.32. The molecular formula is C24H23FN6. The van der Waals surface area contributed by atoms with Crippen molar-refractivity contribution in [3.05, 3.63) is 66.2 Å². The maximum atomic E-state index is 13.6. The van der Waals surface area contributed by atoms with Gasteiger partial charge in [-0.3, -0.25) is 9.88 Å². The van der Waals surface area contributed by atoms with Crippen molar-refractivity contribution in [1.29, 1.82) is 0 Å². The summed E-state index contributed by atoms with van der Waals surface area (Å²) in [7, 11) is 2.20. The molecule has 2 bridgehead atoms. The molecule has 0 unspecified atom stereocenters. The van der Waals surface area contributed by atoms with Gasteiger partial charge in [-0.25, -0.2) is 13.9 Å². The number of nitrogens with zero attached hydrogens (tertiary/aromatic N) is 6. The molecule has 2 aliphatic heterocycles. The van der Waals surface area contributed by atoms with Crippen molar-refractivity contribution in [1.82, 2.24) is 24.5 Å². The minimum Gasteiger partial charge on any atom is -0.349 e. The molecule has 6 rings (SSSR count). The van der Waals surface area contributed by atoms with Crippen LogP contribution in [0.5, 0.6) is 0 Å². The van der Waals surface area contributed by atoms with Crippen LogP contribution in [0.4, 0.5) is 10.2 Å². The number of halogens is 1. The number of aryl methyl sites for hydroxylation is 1. The number of likely N-dealkylation sites (N-methyl/N-ethyl adjacent to an activating group) is 1. The van der Waals surface area contributed by atoms with Gasteiger partial charge in [0.15, 0.2) is 5.65 Å². The molecule has 4 aromatic rings. The number of piperazine rings is 1. The number of imidazole rings is 1. The van der Waals surface area contributed by atoms with Gasteiger partial charge < -0.3 is 4.90 Å².